The molecule has 1 unspecified atom stereocenters. The standard InChI is InChI=1S/C32H30N2O3S4/c1-38-24-7-9-28-26(17-24)33(11-12-35)30(40-28)15-20-3-5-22-6-4-21(14-23(22)13-20)16-31-34(19-32(36)37)27-18-25(39-2)8-10-29(27)41-31/h7-10,12-18,22H,3-6,11,19H2,1-2H3. The molecule has 6 rings (SSSR count). The summed E-state index contributed by atoms with van der Waals surface area (Å²) in [5.74, 6) is -0.543. The molecule has 1 aliphatic heterocycles. The summed E-state index contributed by atoms with van der Waals surface area (Å²) in [6.45, 7) is 0.179. The van der Waals surface area contributed by atoms with Crippen LogP contribution in [0.25, 0.3) is 16.3 Å². The first-order chi connectivity index (χ1) is 19.9. The van der Waals surface area contributed by atoms with E-state index in [9.17, 15) is 14.7 Å². The number of aldehydes is 1. The molecular formula is C32H30N2O3S4. The zero-order valence-corrected chi connectivity index (χ0v) is 26.2. The lowest BCUT2D eigenvalue weighted by Crippen LogP contribution is -2.44. The molecule has 3 aromatic rings. The van der Waals surface area contributed by atoms with Crippen molar-refractivity contribution in [2.75, 3.05) is 24.0 Å². The highest BCUT2D eigenvalue weighted by Crippen LogP contribution is 2.48. The van der Waals surface area contributed by atoms with Gasteiger partial charge in [-0.3, -0.25) is 0 Å². The van der Waals surface area contributed by atoms with E-state index < -0.39 is 5.97 Å². The van der Waals surface area contributed by atoms with Crippen molar-refractivity contribution in [1.82, 2.24) is 0 Å². The Labute approximate surface area is 257 Å². The number of anilines is 1. The fourth-order valence-electron chi connectivity index (χ4n) is 5.74. The third-order valence-corrected chi connectivity index (χ3v) is 11.5. The lowest BCUT2D eigenvalue weighted by Gasteiger charge is -2.28. The number of rotatable bonds is 8. The Balaban J connectivity index is 1.32. The van der Waals surface area contributed by atoms with E-state index in [2.05, 4.69) is 71.9 Å². The molecule has 5 nitrogen and oxygen atoms in total. The second-order valence-electron chi connectivity index (χ2n) is 10.3. The maximum atomic E-state index is 11.6. The first kappa shape index (κ1) is 28.4. The van der Waals surface area contributed by atoms with Crippen LogP contribution in [0.1, 0.15) is 30.7 Å². The summed E-state index contributed by atoms with van der Waals surface area (Å²) >= 11 is 6.72. The number of hydrogen-bond donors (Lipinski definition) is 0. The van der Waals surface area contributed by atoms with Gasteiger partial charge in [-0.05, 0) is 97.2 Å². The Bertz CT molecular complexity index is 1670. The predicted octanol–water partition coefficient (Wildman–Crippen LogP) is 6.48. The van der Waals surface area contributed by atoms with Crippen LogP contribution in [0.15, 0.2) is 91.1 Å². The lowest BCUT2D eigenvalue weighted by molar-refractivity contribution is -0.663. The number of carboxylic acids is 1. The fourth-order valence-corrected chi connectivity index (χ4v) is 8.85. The van der Waals surface area contributed by atoms with Crippen LogP contribution in [0.5, 0.6) is 0 Å². The van der Waals surface area contributed by atoms with Gasteiger partial charge in [0.05, 0.1) is 17.3 Å². The Morgan fingerprint density at radius 2 is 1.85 bits per heavy atom. The number of fused-ring (bicyclic) bond motifs is 3. The summed E-state index contributed by atoms with van der Waals surface area (Å²) in [5.41, 5.74) is 5.88. The van der Waals surface area contributed by atoms with E-state index >= 15 is 0 Å². The first-order valence-electron chi connectivity index (χ1n) is 13.6. The van der Waals surface area contributed by atoms with Gasteiger partial charge in [0.1, 0.15) is 17.0 Å². The number of allylic oxidation sites excluding steroid dienone is 6. The Morgan fingerprint density at radius 3 is 2.63 bits per heavy atom. The van der Waals surface area contributed by atoms with Crippen molar-refractivity contribution in [2.45, 2.75) is 46.9 Å². The molecule has 0 spiro atoms. The average Bonchev–Trinajstić information content (AvgIpc) is 3.48. The molecule has 0 bridgehead atoms. The lowest BCUT2D eigenvalue weighted by atomic mass is 9.77. The molecule has 210 valence electrons. The number of thiazole rings is 1. The van der Waals surface area contributed by atoms with Gasteiger partial charge in [-0.2, -0.15) is 4.57 Å². The number of carbonyl (C=O) groups excluding carboxylic acids is 2. The maximum Gasteiger partial charge on any atom is 0.263 e. The van der Waals surface area contributed by atoms with Gasteiger partial charge < -0.3 is 19.6 Å². The molecular weight excluding hydrogens is 589 g/mol. The Hall–Kier alpha value is -2.72. The zero-order chi connectivity index (χ0) is 28.5. The molecule has 0 amide bonds. The SMILES string of the molecule is CSc1ccc2c(c1)N(CC=O)/C(=C/C1=CC3=C/C(=C/c4sc5ccc(SC)cc5[n+]4CC(=O)[O-])CCC3CC1)S2. The van der Waals surface area contributed by atoms with Crippen LogP contribution < -0.4 is 14.6 Å². The minimum Gasteiger partial charge on any atom is -0.544 e. The molecule has 1 atom stereocenters. The molecule has 2 aliphatic carbocycles. The van der Waals surface area contributed by atoms with E-state index in [0.29, 0.717) is 12.5 Å². The summed E-state index contributed by atoms with van der Waals surface area (Å²) in [7, 11) is 0. The molecule has 2 aromatic carbocycles. The van der Waals surface area contributed by atoms with Crippen molar-refractivity contribution in [1.29, 1.82) is 0 Å². The summed E-state index contributed by atoms with van der Waals surface area (Å²) in [6.07, 6.45) is 18.3. The van der Waals surface area contributed by atoms with E-state index in [1.165, 1.54) is 26.5 Å². The molecule has 1 aromatic heterocycles. The van der Waals surface area contributed by atoms with Crippen molar-refractivity contribution in [3.05, 3.63) is 81.4 Å². The van der Waals surface area contributed by atoms with Crippen LogP contribution >= 0.6 is 46.6 Å². The monoisotopic (exact) mass is 618 g/mol. The minimum absolute atomic E-state index is 0.163. The number of thioether (sulfide) groups is 3. The van der Waals surface area contributed by atoms with Crippen molar-refractivity contribution in [3.8, 4) is 0 Å². The molecule has 0 saturated carbocycles. The second-order valence-corrected chi connectivity index (χ2v) is 14.2. The van der Waals surface area contributed by atoms with Gasteiger partial charge in [0.2, 0.25) is 5.52 Å². The first-order valence-corrected chi connectivity index (χ1v) is 17.7. The van der Waals surface area contributed by atoms with Gasteiger partial charge in [0, 0.05) is 26.8 Å². The van der Waals surface area contributed by atoms with Crippen molar-refractivity contribution in [2.24, 2.45) is 5.92 Å². The third kappa shape index (κ3) is 5.95. The molecule has 41 heavy (non-hydrogen) atoms. The normalized spacial score (nSPS) is 20.2. The molecule has 3 aliphatic rings. The molecule has 0 N–H and O–H groups in total. The average molecular weight is 619 g/mol. The second kappa shape index (κ2) is 12.3. The van der Waals surface area contributed by atoms with E-state index in [1.807, 2.05) is 10.8 Å². The van der Waals surface area contributed by atoms with Crippen molar-refractivity contribution < 1.29 is 19.3 Å². The van der Waals surface area contributed by atoms with Crippen LogP contribution in [0.3, 0.4) is 0 Å². The molecule has 0 radical (unpaired) electrons. The number of hydrogen-bond acceptors (Lipinski definition) is 8. The highest BCUT2D eigenvalue weighted by molar-refractivity contribution is 8.03. The van der Waals surface area contributed by atoms with Gasteiger partial charge in [-0.15, -0.1) is 23.5 Å². The number of aromatic nitrogens is 1. The van der Waals surface area contributed by atoms with Crippen LogP contribution in [0.4, 0.5) is 5.69 Å². The van der Waals surface area contributed by atoms with Crippen LogP contribution in [-0.4, -0.2) is 31.3 Å². The molecule has 0 fully saturated rings. The van der Waals surface area contributed by atoms with Gasteiger partial charge >= 0.3 is 0 Å². The summed E-state index contributed by atoms with van der Waals surface area (Å²) in [6, 6.07) is 12.7. The molecule has 2 heterocycles. The van der Waals surface area contributed by atoms with Gasteiger partial charge in [0.15, 0.2) is 6.54 Å². The number of carboxylic acid groups (broad SMARTS) is 1. The van der Waals surface area contributed by atoms with E-state index in [1.54, 1.807) is 46.6 Å². The largest absolute Gasteiger partial charge is 0.544 e. The highest BCUT2D eigenvalue weighted by Gasteiger charge is 2.28. The Morgan fingerprint density at radius 1 is 1.07 bits per heavy atom. The van der Waals surface area contributed by atoms with Crippen molar-refractivity contribution >= 4 is 80.9 Å². The van der Waals surface area contributed by atoms with Gasteiger partial charge in [-0.1, -0.05) is 35.3 Å². The van der Waals surface area contributed by atoms with E-state index in [0.717, 1.165) is 62.8 Å². The smallest absolute Gasteiger partial charge is 0.263 e. The number of nitrogens with zero attached hydrogens (tertiary/aromatic N) is 2. The van der Waals surface area contributed by atoms with Crippen LogP contribution in [0.2, 0.25) is 0 Å². The van der Waals surface area contributed by atoms with Crippen molar-refractivity contribution in [3.63, 3.8) is 0 Å². The number of aliphatic carboxylic acids is 1. The van der Waals surface area contributed by atoms with Gasteiger partial charge in [-0.25, -0.2) is 0 Å². The Kier molecular flexibility index (Phi) is 8.49. The minimum atomic E-state index is -1.08. The summed E-state index contributed by atoms with van der Waals surface area (Å²) in [4.78, 5) is 28.8. The summed E-state index contributed by atoms with van der Waals surface area (Å²) < 4.78 is 2.95. The summed E-state index contributed by atoms with van der Waals surface area (Å²) in [5, 5.41) is 13.7. The highest BCUT2D eigenvalue weighted by atomic mass is 32.2. The zero-order valence-electron chi connectivity index (χ0n) is 22.9. The van der Waals surface area contributed by atoms with Gasteiger partial charge in [0.25, 0.3) is 5.01 Å². The fraction of sp³-hybridized carbons (Fsp3) is 0.281. The van der Waals surface area contributed by atoms with Crippen LogP contribution in [0, 0.1) is 5.92 Å². The molecule has 0 saturated heterocycles. The van der Waals surface area contributed by atoms with E-state index in [-0.39, 0.29) is 6.54 Å². The topological polar surface area (TPSA) is 64.3 Å². The molecule has 9 heteroatoms. The number of carbonyl (C=O) groups is 2. The predicted molar refractivity (Wildman–Crippen MR) is 170 cm³/mol. The number of benzene rings is 2. The van der Waals surface area contributed by atoms with E-state index in [4.69, 9.17) is 0 Å². The van der Waals surface area contributed by atoms with Crippen LogP contribution in [-0.2, 0) is 16.1 Å². The maximum absolute atomic E-state index is 11.6. The quantitative estimate of drug-likeness (QED) is 0.163. The third-order valence-electron chi connectivity index (χ3n) is 7.78.